The highest BCUT2D eigenvalue weighted by molar-refractivity contribution is 5.39. The molecule has 1 N–H and O–H groups in total. The molecule has 0 spiro atoms. The molecule has 0 aliphatic carbocycles. The summed E-state index contributed by atoms with van der Waals surface area (Å²) in [5, 5.41) is 10.6. The van der Waals surface area contributed by atoms with Gasteiger partial charge in [-0.05, 0) is 51.3 Å². The van der Waals surface area contributed by atoms with Gasteiger partial charge in [0.15, 0.2) is 0 Å². The normalized spacial score (nSPS) is 20.9. The summed E-state index contributed by atoms with van der Waals surface area (Å²) in [4.78, 5) is 2.30. The molecule has 0 amide bonds. The highest BCUT2D eigenvalue weighted by Gasteiger charge is 2.28. The summed E-state index contributed by atoms with van der Waals surface area (Å²) in [6.45, 7) is 13.7. The number of benzene rings is 1. The lowest BCUT2D eigenvalue weighted by molar-refractivity contribution is -0.0933. The lowest BCUT2D eigenvalue weighted by atomic mass is 9.95. The van der Waals surface area contributed by atoms with Crippen LogP contribution in [0.3, 0.4) is 0 Å². The fourth-order valence-electron chi connectivity index (χ4n) is 3.32. The number of rotatable bonds is 3. The van der Waals surface area contributed by atoms with Crippen molar-refractivity contribution in [1.29, 1.82) is 0 Å². The van der Waals surface area contributed by atoms with Gasteiger partial charge in [-0.15, -0.1) is 0 Å². The van der Waals surface area contributed by atoms with Crippen LogP contribution in [-0.2, 0) is 4.74 Å². The van der Waals surface area contributed by atoms with Crippen molar-refractivity contribution in [2.45, 2.75) is 46.3 Å². The van der Waals surface area contributed by atoms with Crippen LogP contribution >= 0.6 is 0 Å². The van der Waals surface area contributed by atoms with Gasteiger partial charge < -0.3 is 9.84 Å². The molecule has 1 unspecified atom stereocenters. The van der Waals surface area contributed by atoms with E-state index in [1.54, 1.807) is 0 Å². The molecule has 3 heteroatoms. The standard InChI is InChI=1S/C17H27NO2/c1-12-8-13(2)16(14(3)9-12)15(19)10-18-6-7-20-17(4,5)11-18/h8-9,15,19H,6-7,10-11H2,1-5H3. The molecule has 2 rings (SSSR count). The maximum Gasteiger partial charge on any atom is 0.0922 e. The minimum atomic E-state index is -0.426. The van der Waals surface area contributed by atoms with Crippen LogP contribution in [0, 0.1) is 20.8 Å². The third-order valence-electron chi connectivity index (χ3n) is 4.01. The number of hydrogen-bond acceptors (Lipinski definition) is 3. The van der Waals surface area contributed by atoms with Crippen molar-refractivity contribution in [1.82, 2.24) is 4.90 Å². The topological polar surface area (TPSA) is 32.7 Å². The third kappa shape index (κ3) is 3.60. The van der Waals surface area contributed by atoms with E-state index in [-0.39, 0.29) is 5.60 Å². The Hall–Kier alpha value is -0.900. The van der Waals surface area contributed by atoms with Crippen LogP contribution in [0.5, 0.6) is 0 Å². The molecule has 0 saturated carbocycles. The Kier molecular flexibility index (Phi) is 4.52. The molecule has 1 heterocycles. The highest BCUT2D eigenvalue weighted by atomic mass is 16.5. The van der Waals surface area contributed by atoms with Gasteiger partial charge in [-0.25, -0.2) is 0 Å². The van der Waals surface area contributed by atoms with Crippen LogP contribution in [-0.4, -0.2) is 41.8 Å². The van der Waals surface area contributed by atoms with E-state index in [2.05, 4.69) is 51.7 Å². The zero-order valence-electron chi connectivity index (χ0n) is 13.4. The van der Waals surface area contributed by atoms with Crippen molar-refractivity contribution < 1.29 is 9.84 Å². The molecule has 1 fully saturated rings. The summed E-state index contributed by atoms with van der Waals surface area (Å²) in [5.74, 6) is 0. The second-order valence-electron chi connectivity index (χ2n) is 6.67. The van der Waals surface area contributed by atoms with Gasteiger partial charge in [-0.1, -0.05) is 17.7 Å². The lowest BCUT2D eigenvalue weighted by Gasteiger charge is -2.39. The van der Waals surface area contributed by atoms with Crippen LogP contribution in [0.25, 0.3) is 0 Å². The van der Waals surface area contributed by atoms with Gasteiger partial charge in [0.1, 0.15) is 0 Å². The predicted molar refractivity (Wildman–Crippen MR) is 82.1 cm³/mol. The fraction of sp³-hybridized carbons (Fsp3) is 0.647. The first-order chi connectivity index (χ1) is 9.28. The molecule has 20 heavy (non-hydrogen) atoms. The van der Waals surface area contributed by atoms with E-state index in [1.165, 1.54) is 16.7 Å². The zero-order chi connectivity index (χ0) is 14.9. The number of nitrogens with zero attached hydrogens (tertiary/aromatic N) is 1. The van der Waals surface area contributed by atoms with Crippen molar-refractivity contribution in [3.8, 4) is 0 Å². The molecule has 0 bridgehead atoms. The predicted octanol–water partition coefficient (Wildman–Crippen LogP) is 2.76. The van der Waals surface area contributed by atoms with Gasteiger partial charge in [-0.2, -0.15) is 0 Å². The maximum absolute atomic E-state index is 10.6. The second-order valence-corrected chi connectivity index (χ2v) is 6.67. The molecule has 3 nitrogen and oxygen atoms in total. The summed E-state index contributed by atoms with van der Waals surface area (Å²) in [5.41, 5.74) is 4.59. The molecule has 1 aromatic carbocycles. The molecule has 0 aromatic heterocycles. The minimum Gasteiger partial charge on any atom is -0.387 e. The summed E-state index contributed by atoms with van der Waals surface area (Å²) < 4.78 is 5.72. The van der Waals surface area contributed by atoms with Gasteiger partial charge in [0, 0.05) is 19.6 Å². The van der Waals surface area contributed by atoms with E-state index < -0.39 is 6.10 Å². The highest BCUT2D eigenvalue weighted by Crippen LogP contribution is 2.26. The first kappa shape index (κ1) is 15.5. The number of hydrogen-bond donors (Lipinski definition) is 1. The molecule has 1 saturated heterocycles. The minimum absolute atomic E-state index is 0.116. The van der Waals surface area contributed by atoms with Gasteiger partial charge in [0.25, 0.3) is 0 Å². The molecule has 1 aromatic rings. The second kappa shape index (κ2) is 5.84. The van der Waals surface area contributed by atoms with Crippen LogP contribution in [0.15, 0.2) is 12.1 Å². The number of β-amino-alcohol motifs (C(OH)–C–C–N with tert-alkyl or cyclic N) is 1. The van der Waals surface area contributed by atoms with E-state index in [9.17, 15) is 5.11 Å². The molecule has 1 atom stereocenters. The molecule has 0 radical (unpaired) electrons. The Balaban J connectivity index is 2.10. The number of aliphatic hydroxyl groups is 1. The number of aryl methyl sites for hydroxylation is 3. The van der Waals surface area contributed by atoms with E-state index in [0.717, 1.165) is 25.3 Å². The van der Waals surface area contributed by atoms with Crippen LogP contribution in [0.2, 0.25) is 0 Å². The largest absolute Gasteiger partial charge is 0.387 e. The van der Waals surface area contributed by atoms with Gasteiger partial charge >= 0.3 is 0 Å². The molecule has 112 valence electrons. The Labute approximate surface area is 122 Å². The SMILES string of the molecule is Cc1cc(C)c(C(O)CN2CCOC(C)(C)C2)c(C)c1. The van der Waals surface area contributed by atoms with Crippen LogP contribution < -0.4 is 0 Å². The fourth-order valence-corrected chi connectivity index (χ4v) is 3.32. The zero-order valence-corrected chi connectivity index (χ0v) is 13.4. The summed E-state index contributed by atoms with van der Waals surface area (Å²) in [6, 6.07) is 4.30. The molecule has 1 aliphatic heterocycles. The van der Waals surface area contributed by atoms with Crippen molar-refractivity contribution in [2.75, 3.05) is 26.2 Å². The molecular weight excluding hydrogens is 250 g/mol. The van der Waals surface area contributed by atoms with Gasteiger partial charge in [-0.3, -0.25) is 4.90 Å². The summed E-state index contributed by atoms with van der Waals surface area (Å²) >= 11 is 0. The van der Waals surface area contributed by atoms with Gasteiger partial charge in [0.05, 0.1) is 18.3 Å². The number of ether oxygens (including phenoxy) is 1. The van der Waals surface area contributed by atoms with E-state index >= 15 is 0 Å². The number of aliphatic hydroxyl groups excluding tert-OH is 1. The Morgan fingerprint density at radius 3 is 2.40 bits per heavy atom. The van der Waals surface area contributed by atoms with Crippen molar-refractivity contribution >= 4 is 0 Å². The number of morpholine rings is 1. The quantitative estimate of drug-likeness (QED) is 0.922. The van der Waals surface area contributed by atoms with Gasteiger partial charge in [0.2, 0.25) is 0 Å². The van der Waals surface area contributed by atoms with Crippen molar-refractivity contribution in [3.63, 3.8) is 0 Å². The maximum atomic E-state index is 10.6. The van der Waals surface area contributed by atoms with E-state index in [1.807, 2.05) is 0 Å². The summed E-state index contributed by atoms with van der Waals surface area (Å²) in [7, 11) is 0. The molecule has 1 aliphatic rings. The van der Waals surface area contributed by atoms with Crippen molar-refractivity contribution in [3.05, 3.63) is 34.4 Å². The first-order valence-corrected chi connectivity index (χ1v) is 7.40. The average Bonchev–Trinajstić information content (AvgIpc) is 2.25. The first-order valence-electron chi connectivity index (χ1n) is 7.40. The average molecular weight is 277 g/mol. The molecular formula is C17H27NO2. The Bertz CT molecular complexity index is 459. The van der Waals surface area contributed by atoms with Crippen LogP contribution in [0.1, 0.15) is 42.2 Å². The monoisotopic (exact) mass is 277 g/mol. The third-order valence-corrected chi connectivity index (χ3v) is 4.01. The van der Waals surface area contributed by atoms with E-state index in [0.29, 0.717) is 6.54 Å². The Morgan fingerprint density at radius 1 is 1.25 bits per heavy atom. The summed E-state index contributed by atoms with van der Waals surface area (Å²) in [6.07, 6.45) is -0.426. The van der Waals surface area contributed by atoms with Crippen molar-refractivity contribution in [2.24, 2.45) is 0 Å². The lowest BCUT2D eigenvalue weighted by Crippen LogP contribution is -2.49. The smallest absolute Gasteiger partial charge is 0.0922 e. The van der Waals surface area contributed by atoms with E-state index in [4.69, 9.17) is 4.74 Å². The van der Waals surface area contributed by atoms with Crippen LogP contribution in [0.4, 0.5) is 0 Å². The Morgan fingerprint density at radius 2 is 1.85 bits per heavy atom.